The van der Waals surface area contributed by atoms with Crippen molar-refractivity contribution in [2.24, 2.45) is 7.05 Å². The monoisotopic (exact) mass is 422 g/mol. The van der Waals surface area contributed by atoms with Crippen molar-refractivity contribution >= 4 is 11.2 Å². The van der Waals surface area contributed by atoms with Gasteiger partial charge < -0.3 is 14.6 Å². The second-order valence-corrected chi connectivity index (χ2v) is 7.19. The molecule has 31 heavy (non-hydrogen) atoms. The highest BCUT2D eigenvalue weighted by Crippen LogP contribution is 2.25. The number of fused-ring (bicyclic) bond motifs is 1. The van der Waals surface area contributed by atoms with Gasteiger partial charge in [0.15, 0.2) is 11.2 Å². The van der Waals surface area contributed by atoms with Gasteiger partial charge >= 0.3 is 11.7 Å². The number of aromatic nitrogens is 4. The zero-order valence-corrected chi connectivity index (χ0v) is 17.1. The lowest BCUT2D eigenvalue weighted by Crippen LogP contribution is -2.30. The minimum atomic E-state index is -0.964. The molecule has 9 heteroatoms. The Balaban J connectivity index is 1.70. The van der Waals surface area contributed by atoms with Gasteiger partial charge in [0.1, 0.15) is 24.2 Å². The van der Waals surface area contributed by atoms with E-state index in [9.17, 15) is 14.7 Å². The van der Waals surface area contributed by atoms with Crippen LogP contribution in [0.4, 0.5) is 0 Å². The molecule has 1 atom stereocenters. The van der Waals surface area contributed by atoms with Crippen LogP contribution in [0.15, 0.2) is 64.2 Å². The Morgan fingerprint density at radius 3 is 2.58 bits per heavy atom. The van der Waals surface area contributed by atoms with Crippen LogP contribution < -0.4 is 20.7 Å². The van der Waals surface area contributed by atoms with Crippen LogP contribution in [0.25, 0.3) is 11.2 Å². The molecule has 0 fully saturated rings. The number of benzene rings is 2. The predicted molar refractivity (Wildman–Crippen MR) is 115 cm³/mol. The van der Waals surface area contributed by atoms with E-state index < -0.39 is 17.4 Å². The third kappa shape index (κ3) is 4.36. The molecule has 4 aromatic rings. The van der Waals surface area contributed by atoms with E-state index in [1.165, 1.54) is 16.2 Å². The average Bonchev–Trinajstić information content (AvgIpc) is 3.10. The fourth-order valence-electron chi connectivity index (χ4n) is 3.22. The molecule has 2 N–H and O–H groups in total. The number of imidazole rings is 1. The van der Waals surface area contributed by atoms with Crippen molar-refractivity contribution in [1.29, 1.82) is 0 Å². The molecule has 0 aliphatic heterocycles. The van der Waals surface area contributed by atoms with E-state index in [0.717, 1.165) is 5.56 Å². The first-order valence-corrected chi connectivity index (χ1v) is 9.72. The van der Waals surface area contributed by atoms with Crippen molar-refractivity contribution in [3.05, 3.63) is 81.0 Å². The van der Waals surface area contributed by atoms with Crippen LogP contribution in [0.2, 0.25) is 0 Å². The molecular weight excluding hydrogens is 400 g/mol. The van der Waals surface area contributed by atoms with Gasteiger partial charge in [0.2, 0.25) is 0 Å². The van der Waals surface area contributed by atoms with Crippen molar-refractivity contribution < 1.29 is 14.6 Å². The number of ether oxygens (including phenoxy) is 2. The maximum Gasteiger partial charge on any atom is 0.329 e. The van der Waals surface area contributed by atoms with Crippen LogP contribution in [-0.2, 0) is 13.6 Å². The summed E-state index contributed by atoms with van der Waals surface area (Å²) in [5.74, 6) is 1.14. The maximum atomic E-state index is 12.6. The van der Waals surface area contributed by atoms with Crippen molar-refractivity contribution in [2.45, 2.75) is 19.6 Å². The number of aliphatic hydroxyl groups is 1. The van der Waals surface area contributed by atoms with Crippen LogP contribution in [0.5, 0.6) is 17.5 Å². The molecule has 0 aliphatic rings. The molecule has 2 heterocycles. The van der Waals surface area contributed by atoms with Gasteiger partial charge in [-0.15, -0.1) is 0 Å². The lowest BCUT2D eigenvalue weighted by molar-refractivity contribution is 0.0915. The summed E-state index contributed by atoms with van der Waals surface area (Å²) in [6, 6.07) is 16.5. The summed E-state index contributed by atoms with van der Waals surface area (Å²) < 4.78 is 14.2. The molecule has 0 unspecified atom stereocenters. The summed E-state index contributed by atoms with van der Waals surface area (Å²) >= 11 is 0. The minimum absolute atomic E-state index is 0.00274. The van der Waals surface area contributed by atoms with Gasteiger partial charge in [0.05, 0.1) is 6.54 Å². The Hall–Kier alpha value is -3.85. The second kappa shape index (κ2) is 8.49. The smallest absolute Gasteiger partial charge is 0.329 e. The SMILES string of the molecule is Cc1cccc(Oc2nc3c(c(=O)[nH]c(=O)n3C)n2C[C@@H](O)COc2ccccc2)c1. The average molecular weight is 422 g/mol. The highest BCUT2D eigenvalue weighted by molar-refractivity contribution is 5.71. The summed E-state index contributed by atoms with van der Waals surface area (Å²) in [5.41, 5.74) is 0.0795. The summed E-state index contributed by atoms with van der Waals surface area (Å²) in [4.78, 5) is 31.2. The fourth-order valence-corrected chi connectivity index (χ4v) is 3.22. The quantitative estimate of drug-likeness (QED) is 0.471. The largest absolute Gasteiger partial charge is 0.491 e. The van der Waals surface area contributed by atoms with Gasteiger partial charge in [0.25, 0.3) is 5.56 Å². The van der Waals surface area contributed by atoms with Gasteiger partial charge in [-0.05, 0) is 36.8 Å². The maximum absolute atomic E-state index is 12.6. The molecule has 4 rings (SSSR count). The number of aryl methyl sites for hydroxylation is 2. The molecule has 0 saturated heterocycles. The summed E-state index contributed by atoms with van der Waals surface area (Å²) in [6.07, 6.45) is -0.964. The number of aromatic amines is 1. The first-order valence-electron chi connectivity index (χ1n) is 9.72. The van der Waals surface area contributed by atoms with E-state index in [1.54, 1.807) is 18.2 Å². The van der Waals surface area contributed by atoms with Crippen LogP contribution in [0, 0.1) is 6.92 Å². The van der Waals surface area contributed by atoms with E-state index in [0.29, 0.717) is 11.5 Å². The van der Waals surface area contributed by atoms with Crippen molar-refractivity contribution in [3.8, 4) is 17.5 Å². The number of H-pyrrole nitrogens is 1. The van der Waals surface area contributed by atoms with Gasteiger partial charge in [-0.3, -0.25) is 18.9 Å². The number of nitrogens with one attached hydrogen (secondary N) is 1. The molecule has 0 bridgehead atoms. The van der Waals surface area contributed by atoms with Gasteiger partial charge in [-0.25, -0.2) is 4.79 Å². The van der Waals surface area contributed by atoms with Crippen LogP contribution >= 0.6 is 0 Å². The zero-order chi connectivity index (χ0) is 22.0. The van der Waals surface area contributed by atoms with Crippen molar-refractivity contribution in [2.75, 3.05) is 6.61 Å². The lowest BCUT2D eigenvalue weighted by Gasteiger charge is -2.15. The molecule has 0 saturated carbocycles. The Bertz CT molecular complexity index is 1320. The fraction of sp³-hybridized carbons (Fsp3) is 0.227. The summed E-state index contributed by atoms with van der Waals surface area (Å²) in [6.45, 7) is 1.90. The second-order valence-electron chi connectivity index (χ2n) is 7.19. The lowest BCUT2D eigenvalue weighted by atomic mass is 10.2. The third-order valence-corrected chi connectivity index (χ3v) is 4.75. The number of nitrogens with zero attached hydrogens (tertiary/aromatic N) is 3. The number of para-hydroxylation sites is 1. The first kappa shape index (κ1) is 20.4. The number of hydrogen-bond donors (Lipinski definition) is 2. The molecule has 160 valence electrons. The number of aliphatic hydroxyl groups excluding tert-OH is 1. The Kier molecular flexibility index (Phi) is 5.59. The van der Waals surface area contributed by atoms with E-state index in [-0.39, 0.29) is 30.3 Å². The molecule has 9 nitrogen and oxygen atoms in total. The molecule has 0 amide bonds. The number of rotatable bonds is 7. The van der Waals surface area contributed by atoms with Crippen LogP contribution in [0.3, 0.4) is 0 Å². The van der Waals surface area contributed by atoms with Crippen LogP contribution in [0.1, 0.15) is 5.56 Å². The van der Waals surface area contributed by atoms with E-state index in [4.69, 9.17) is 9.47 Å². The molecule has 0 aliphatic carbocycles. The van der Waals surface area contributed by atoms with E-state index in [1.807, 2.05) is 43.3 Å². The highest BCUT2D eigenvalue weighted by atomic mass is 16.5. The minimum Gasteiger partial charge on any atom is -0.491 e. The predicted octanol–water partition coefficient (Wildman–Crippen LogP) is 1.96. The Morgan fingerprint density at radius 1 is 1.10 bits per heavy atom. The first-order chi connectivity index (χ1) is 14.9. The third-order valence-electron chi connectivity index (χ3n) is 4.75. The summed E-state index contributed by atoms with van der Waals surface area (Å²) in [5, 5.41) is 10.6. The van der Waals surface area contributed by atoms with Gasteiger partial charge in [-0.1, -0.05) is 30.3 Å². The molecule has 0 radical (unpaired) electrons. The zero-order valence-electron chi connectivity index (χ0n) is 17.1. The van der Waals surface area contributed by atoms with E-state index in [2.05, 4.69) is 9.97 Å². The van der Waals surface area contributed by atoms with Gasteiger partial charge in [-0.2, -0.15) is 4.98 Å². The normalized spacial score (nSPS) is 12.1. The molecule has 0 spiro atoms. The van der Waals surface area contributed by atoms with E-state index >= 15 is 0 Å². The van der Waals surface area contributed by atoms with Gasteiger partial charge in [0, 0.05) is 7.05 Å². The highest BCUT2D eigenvalue weighted by Gasteiger charge is 2.21. The summed E-state index contributed by atoms with van der Waals surface area (Å²) in [7, 11) is 1.50. The molecule has 2 aromatic heterocycles. The standard InChI is InChI=1S/C22H22N4O5/c1-14-7-6-10-17(11-14)31-22-23-19-18(20(28)24-21(29)25(19)2)26(22)12-15(27)13-30-16-8-4-3-5-9-16/h3-11,15,27H,12-13H2,1-2H3,(H,24,28,29)/t15-/m1/s1. The molecule has 2 aromatic carbocycles. The Morgan fingerprint density at radius 2 is 1.84 bits per heavy atom. The van der Waals surface area contributed by atoms with Crippen molar-refractivity contribution in [1.82, 2.24) is 19.1 Å². The van der Waals surface area contributed by atoms with Crippen molar-refractivity contribution in [3.63, 3.8) is 0 Å². The Labute approximate surface area is 177 Å². The number of hydrogen-bond acceptors (Lipinski definition) is 6. The van der Waals surface area contributed by atoms with Crippen LogP contribution in [-0.4, -0.2) is 36.9 Å². The topological polar surface area (TPSA) is 111 Å². The molecular formula is C22H22N4O5.